The van der Waals surface area contributed by atoms with E-state index in [0.29, 0.717) is 37.4 Å². The van der Waals surface area contributed by atoms with E-state index in [2.05, 4.69) is 22.2 Å². The number of hydrogen-bond donors (Lipinski definition) is 3. The summed E-state index contributed by atoms with van der Waals surface area (Å²) in [6.07, 6.45) is 6.26. The Morgan fingerprint density at radius 1 is 1.39 bits per heavy atom. The van der Waals surface area contributed by atoms with E-state index >= 15 is 0 Å². The summed E-state index contributed by atoms with van der Waals surface area (Å²) in [4.78, 5) is 23.6. The fourth-order valence-corrected chi connectivity index (χ4v) is 3.66. The van der Waals surface area contributed by atoms with Crippen molar-refractivity contribution in [2.45, 2.75) is 51.6 Å². The minimum absolute atomic E-state index is 0.00110. The quantitative estimate of drug-likeness (QED) is 0.640. The Morgan fingerprint density at radius 3 is 2.89 bits per heavy atom. The van der Waals surface area contributed by atoms with Crippen LogP contribution in [0.15, 0.2) is 18.3 Å². The highest BCUT2D eigenvalue weighted by molar-refractivity contribution is 5.93. The minimum atomic E-state index is -0.00110. The topological polar surface area (TPSA) is 109 Å². The second-order valence-electron chi connectivity index (χ2n) is 7.33. The molecular formula is C20H30N6O2. The second-order valence-corrected chi connectivity index (χ2v) is 7.33. The lowest BCUT2D eigenvalue weighted by Crippen LogP contribution is -2.38. The standard InChI is InChI=1S/C20H30N6O2/c1-3-4-6-14(9-12-27)22-18-15-13-26(11-8-16(15)23-20(21)24-18)19(28)17-7-5-10-25(17)2/h5,7,10,14,27H,3-4,6,8-9,11-13H2,1-2H3,(H3,21,22,23,24). The van der Waals surface area contributed by atoms with Crippen molar-refractivity contribution >= 4 is 17.7 Å². The summed E-state index contributed by atoms with van der Waals surface area (Å²) in [5, 5.41) is 12.9. The van der Waals surface area contributed by atoms with Gasteiger partial charge in [-0.05, 0) is 25.0 Å². The Kier molecular flexibility index (Phi) is 6.51. The predicted octanol–water partition coefficient (Wildman–Crippen LogP) is 1.95. The molecule has 0 aliphatic carbocycles. The first-order valence-electron chi connectivity index (χ1n) is 9.96. The number of aliphatic hydroxyl groups excluding tert-OH is 1. The molecule has 8 nitrogen and oxygen atoms in total. The van der Waals surface area contributed by atoms with Crippen molar-refractivity contribution in [2.24, 2.45) is 7.05 Å². The number of amides is 1. The maximum Gasteiger partial charge on any atom is 0.270 e. The number of aliphatic hydroxyl groups is 1. The molecule has 1 unspecified atom stereocenters. The average molecular weight is 387 g/mol. The highest BCUT2D eigenvalue weighted by Gasteiger charge is 2.27. The lowest BCUT2D eigenvalue weighted by molar-refractivity contribution is 0.0724. The average Bonchev–Trinajstić information content (AvgIpc) is 3.11. The first-order valence-corrected chi connectivity index (χ1v) is 9.96. The molecular weight excluding hydrogens is 356 g/mol. The van der Waals surface area contributed by atoms with Gasteiger partial charge in [0.1, 0.15) is 11.5 Å². The molecule has 0 aromatic carbocycles. The number of anilines is 2. The Balaban J connectivity index is 1.83. The molecule has 4 N–H and O–H groups in total. The number of fused-ring (bicyclic) bond motifs is 1. The van der Waals surface area contributed by atoms with Gasteiger partial charge in [-0.1, -0.05) is 19.8 Å². The Bertz CT molecular complexity index is 819. The molecule has 3 rings (SSSR count). The van der Waals surface area contributed by atoms with Crippen molar-refractivity contribution < 1.29 is 9.90 Å². The molecule has 1 amide bonds. The number of hydrogen-bond acceptors (Lipinski definition) is 6. The first-order chi connectivity index (χ1) is 13.5. The molecule has 28 heavy (non-hydrogen) atoms. The van der Waals surface area contributed by atoms with Crippen LogP contribution in [0.4, 0.5) is 11.8 Å². The van der Waals surface area contributed by atoms with Gasteiger partial charge in [0.25, 0.3) is 5.91 Å². The number of carbonyl (C=O) groups is 1. The van der Waals surface area contributed by atoms with Crippen LogP contribution in [0.1, 0.15) is 54.4 Å². The fourth-order valence-electron chi connectivity index (χ4n) is 3.66. The van der Waals surface area contributed by atoms with Gasteiger partial charge in [0.2, 0.25) is 5.95 Å². The molecule has 0 radical (unpaired) electrons. The summed E-state index contributed by atoms with van der Waals surface area (Å²) in [5.41, 5.74) is 8.40. The Morgan fingerprint density at radius 2 is 2.21 bits per heavy atom. The number of unbranched alkanes of at least 4 members (excludes halogenated alkanes) is 1. The summed E-state index contributed by atoms with van der Waals surface area (Å²) in [5.74, 6) is 0.918. The smallest absolute Gasteiger partial charge is 0.270 e. The van der Waals surface area contributed by atoms with Crippen LogP contribution >= 0.6 is 0 Å². The third-order valence-electron chi connectivity index (χ3n) is 5.25. The summed E-state index contributed by atoms with van der Waals surface area (Å²) >= 11 is 0. The number of rotatable bonds is 8. The van der Waals surface area contributed by atoms with E-state index in [1.807, 2.05) is 34.8 Å². The van der Waals surface area contributed by atoms with Crippen LogP contribution in [0.2, 0.25) is 0 Å². The van der Waals surface area contributed by atoms with Gasteiger partial charge in [-0.2, -0.15) is 4.98 Å². The van der Waals surface area contributed by atoms with Crippen LogP contribution in [0.3, 0.4) is 0 Å². The molecule has 0 saturated carbocycles. The van der Waals surface area contributed by atoms with Crippen LogP contribution in [0.5, 0.6) is 0 Å². The molecule has 1 aliphatic rings. The molecule has 1 aliphatic heterocycles. The third kappa shape index (κ3) is 4.44. The van der Waals surface area contributed by atoms with Gasteiger partial charge in [-0.25, -0.2) is 4.98 Å². The Hall–Kier alpha value is -2.61. The van der Waals surface area contributed by atoms with Gasteiger partial charge in [0.15, 0.2) is 0 Å². The first kappa shape index (κ1) is 20.1. The number of nitrogens with zero attached hydrogens (tertiary/aromatic N) is 4. The predicted molar refractivity (Wildman–Crippen MR) is 109 cm³/mol. The number of aryl methyl sites for hydroxylation is 1. The molecule has 2 aromatic heterocycles. The number of aromatic nitrogens is 3. The van der Waals surface area contributed by atoms with Gasteiger partial charge in [-0.15, -0.1) is 0 Å². The van der Waals surface area contributed by atoms with E-state index in [1.54, 1.807) is 0 Å². The van der Waals surface area contributed by atoms with Crippen LogP contribution in [0.25, 0.3) is 0 Å². The maximum absolute atomic E-state index is 12.9. The molecule has 3 heterocycles. The molecule has 152 valence electrons. The van der Waals surface area contributed by atoms with E-state index in [9.17, 15) is 9.90 Å². The third-order valence-corrected chi connectivity index (χ3v) is 5.25. The molecule has 2 aromatic rings. The van der Waals surface area contributed by atoms with E-state index in [4.69, 9.17) is 5.73 Å². The number of nitrogen functional groups attached to an aromatic ring is 1. The molecule has 0 bridgehead atoms. The van der Waals surface area contributed by atoms with Crippen LogP contribution in [-0.4, -0.2) is 49.6 Å². The largest absolute Gasteiger partial charge is 0.396 e. The van der Waals surface area contributed by atoms with Crippen LogP contribution in [-0.2, 0) is 20.0 Å². The molecule has 0 fully saturated rings. The van der Waals surface area contributed by atoms with E-state index in [1.165, 1.54) is 0 Å². The van der Waals surface area contributed by atoms with Gasteiger partial charge < -0.3 is 25.6 Å². The van der Waals surface area contributed by atoms with E-state index in [-0.39, 0.29) is 24.5 Å². The van der Waals surface area contributed by atoms with Crippen molar-refractivity contribution in [2.75, 3.05) is 24.2 Å². The summed E-state index contributed by atoms with van der Waals surface area (Å²) < 4.78 is 1.83. The summed E-state index contributed by atoms with van der Waals surface area (Å²) in [6, 6.07) is 3.82. The van der Waals surface area contributed by atoms with E-state index in [0.717, 1.165) is 30.5 Å². The zero-order chi connectivity index (χ0) is 20.1. The lowest BCUT2D eigenvalue weighted by Gasteiger charge is -2.30. The molecule has 0 spiro atoms. The lowest BCUT2D eigenvalue weighted by atomic mass is 10.0. The monoisotopic (exact) mass is 386 g/mol. The Labute approximate surface area is 165 Å². The van der Waals surface area contributed by atoms with Crippen molar-refractivity contribution in [1.29, 1.82) is 0 Å². The summed E-state index contributed by atoms with van der Waals surface area (Å²) in [7, 11) is 1.87. The van der Waals surface area contributed by atoms with Crippen molar-refractivity contribution in [1.82, 2.24) is 19.4 Å². The molecule has 1 atom stereocenters. The number of nitrogens with two attached hydrogens (primary N) is 1. The van der Waals surface area contributed by atoms with Crippen molar-refractivity contribution in [3.05, 3.63) is 35.3 Å². The van der Waals surface area contributed by atoms with Gasteiger partial charge in [-0.3, -0.25) is 4.79 Å². The summed E-state index contributed by atoms with van der Waals surface area (Å²) in [6.45, 7) is 3.31. The van der Waals surface area contributed by atoms with Gasteiger partial charge in [0, 0.05) is 44.4 Å². The molecule has 0 saturated heterocycles. The highest BCUT2D eigenvalue weighted by Crippen LogP contribution is 2.27. The van der Waals surface area contributed by atoms with Crippen LogP contribution in [0, 0.1) is 0 Å². The minimum Gasteiger partial charge on any atom is -0.396 e. The van der Waals surface area contributed by atoms with Gasteiger partial charge in [0.05, 0.1) is 12.2 Å². The highest BCUT2D eigenvalue weighted by atomic mass is 16.3. The molecule has 8 heteroatoms. The zero-order valence-electron chi connectivity index (χ0n) is 16.7. The fraction of sp³-hybridized carbons (Fsp3) is 0.550. The van der Waals surface area contributed by atoms with Crippen molar-refractivity contribution in [3.8, 4) is 0 Å². The van der Waals surface area contributed by atoms with Crippen LogP contribution < -0.4 is 11.1 Å². The number of carbonyl (C=O) groups excluding carboxylic acids is 1. The SMILES string of the molecule is CCCCC(CCO)Nc1nc(N)nc2c1CN(C(=O)c1cccn1C)CC2. The van der Waals surface area contributed by atoms with E-state index < -0.39 is 0 Å². The van der Waals surface area contributed by atoms with Crippen molar-refractivity contribution in [3.63, 3.8) is 0 Å². The number of nitrogens with one attached hydrogen (secondary N) is 1. The second kappa shape index (κ2) is 9.05. The maximum atomic E-state index is 12.9. The normalized spacial score (nSPS) is 14.6. The van der Waals surface area contributed by atoms with Gasteiger partial charge >= 0.3 is 0 Å². The zero-order valence-corrected chi connectivity index (χ0v) is 16.7.